The number of methoxy groups -OCH3 is 1. The first-order valence-electron chi connectivity index (χ1n) is 6.30. The second-order valence-electron chi connectivity index (χ2n) is 4.24. The molecule has 0 unspecified atom stereocenters. The minimum Gasteiger partial charge on any atom is -0.441 e. The monoisotopic (exact) mass is 358 g/mol. The van der Waals surface area contributed by atoms with Crippen molar-refractivity contribution in [1.29, 1.82) is 0 Å². The van der Waals surface area contributed by atoms with Crippen LogP contribution in [0.5, 0.6) is 0 Å². The molecule has 0 saturated carbocycles. The number of ether oxygens (including phenoxy) is 1. The van der Waals surface area contributed by atoms with Gasteiger partial charge in [-0.1, -0.05) is 11.6 Å². The van der Waals surface area contributed by atoms with E-state index < -0.39 is 0 Å². The van der Waals surface area contributed by atoms with Gasteiger partial charge in [-0.25, -0.2) is 4.98 Å². The number of hydrogen-bond donors (Lipinski definition) is 1. The number of hydrogen-bond acceptors (Lipinski definition) is 4. The average Bonchev–Trinajstić information content (AvgIpc) is 2.90. The van der Waals surface area contributed by atoms with Gasteiger partial charge in [0.2, 0.25) is 0 Å². The third-order valence-electron chi connectivity index (χ3n) is 2.76. The van der Waals surface area contributed by atoms with Gasteiger partial charge >= 0.3 is 0 Å². The normalized spacial score (nSPS) is 10.9. The van der Waals surface area contributed by atoms with E-state index in [0.29, 0.717) is 11.6 Å². The molecule has 108 valence electrons. The maximum Gasteiger partial charge on any atom is 0.196 e. The third-order valence-corrected chi connectivity index (χ3v) is 3.97. The van der Waals surface area contributed by atoms with E-state index in [1.807, 2.05) is 18.2 Å². The maximum atomic E-state index is 5.97. The fourth-order valence-corrected chi connectivity index (χ4v) is 2.20. The van der Waals surface area contributed by atoms with Crippen LogP contribution in [0.3, 0.4) is 0 Å². The topological polar surface area (TPSA) is 47.3 Å². The predicted octanol–water partition coefficient (Wildman–Crippen LogP) is 3.54. The van der Waals surface area contributed by atoms with Gasteiger partial charge in [0.05, 0.1) is 17.8 Å². The summed E-state index contributed by atoms with van der Waals surface area (Å²) in [5, 5.41) is 3.93. The van der Waals surface area contributed by atoms with Crippen LogP contribution in [0.15, 0.2) is 33.3 Å². The van der Waals surface area contributed by atoms with Crippen LogP contribution >= 0.6 is 27.5 Å². The molecule has 0 radical (unpaired) electrons. The standard InChI is InChI=1S/C14H16BrClN2O2/c1-19-7-6-17-5-4-14-18-9-13(20-14)10-2-3-12(16)11(15)8-10/h2-3,8-9,17H,4-7H2,1H3. The lowest BCUT2D eigenvalue weighted by Gasteiger charge is -2.01. The number of halogens is 2. The summed E-state index contributed by atoms with van der Waals surface area (Å²) in [5.41, 5.74) is 0.951. The quantitative estimate of drug-likeness (QED) is 0.768. The van der Waals surface area contributed by atoms with Crippen molar-refractivity contribution in [3.8, 4) is 11.3 Å². The first kappa shape index (κ1) is 15.5. The molecule has 2 rings (SSSR count). The molecule has 0 aliphatic carbocycles. The lowest BCUT2D eigenvalue weighted by Crippen LogP contribution is -2.21. The first-order chi connectivity index (χ1) is 9.70. The fraction of sp³-hybridized carbons (Fsp3) is 0.357. The molecule has 6 heteroatoms. The fourth-order valence-electron chi connectivity index (χ4n) is 1.70. The van der Waals surface area contributed by atoms with E-state index in [9.17, 15) is 0 Å². The van der Waals surface area contributed by atoms with Gasteiger partial charge in [-0.3, -0.25) is 0 Å². The molecule has 0 saturated heterocycles. The Morgan fingerprint density at radius 3 is 3.00 bits per heavy atom. The lowest BCUT2D eigenvalue weighted by atomic mass is 10.2. The maximum absolute atomic E-state index is 5.97. The van der Waals surface area contributed by atoms with Crippen molar-refractivity contribution in [1.82, 2.24) is 10.3 Å². The van der Waals surface area contributed by atoms with Crippen molar-refractivity contribution in [2.75, 3.05) is 26.8 Å². The highest BCUT2D eigenvalue weighted by Gasteiger charge is 2.08. The first-order valence-corrected chi connectivity index (χ1v) is 7.47. The molecule has 0 aliphatic heterocycles. The van der Waals surface area contributed by atoms with E-state index in [1.54, 1.807) is 13.3 Å². The van der Waals surface area contributed by atoms with Gasteiger partial charge in [0.25, 0.3) is 0 Å². The van der Waals surface area contributed by atoms with Crippen LogP contribution in [0.4, 0.5) is 0 Å². The molecule has 2 aromatic rings. The van der Waals surface area contributed by atoms with Gasteiger partial charge in [0.15, 0.2) is 11.7 Å². The summed E-state index contributed by atoms with van der Waals surface area (Å²) in [4.78, 5) is 4.28. The van der Waals surface area contributed by atoms with Crippen LogP contribution in [-0.4, -0.2) is 31.8 Å². The Balaban J connectivity index is 1.93. The summed E-state index contributed by atoms with van der Waals surface area (Å²) in [6, 6.07) is 5.66. The highest BCUT2D eigenvalue weighted by molar-refractivity contribution is 9.10. The summed E-state index contributed by atoms with van der Waals surface area (Å²) < 4.78 is 11.5. The smallest absolute Gasteiger partial charge is 0.196 e. The van der Waals surface area contributed by atoms with E-state index in [4.69, 9.17) is 20.8 Å². The Morgan fingerprint density at radius 1 is 1.40 bits per heavy atom. The molecule has 1 aromatic heterocycles. The number of oxazole rings is 1. The van der Waals surface area contributed by atoms with E-state index in [2.05, 4.69) is 26.2 Å². The predicted molar refractivity (Wildman–Crippen MR) is 83.1 cm³/mol. The number of nitrogens with one attached hydrogen (secondary N) is 1. The van der Waals surface area contributed by atoms with Crippen molar-refractivity contribution >= 4 is 27.5 Å². The molecular formula is C14H16BrClN2O2. The van der Waals surface area contributed by atoms with E-state index in [0.717, 1.165) is 41.2 Å². The molecule has 1 aromatic carbocycles. The summed E-state index contributed by atoms with van der Waals surface area (Å²) in [5.74, 6) is 1.46. The zero-order valence-corrected chi connectivity index (χ0v) is 13.5. The number of aromatic nitrogens is 1. The largest absolute Gasteiger partial charge is 0.441 e. The van der Waals surface area contributed by atoms with Crippen molar-refractivity contribution in [2.45, 2.75) is 6.42 Å². The molecule has 0 atom stereocenters. The van der Waals surface area contributed by atoms with Crippen LogP contribution in [0.1, 0.15) is 5.89 Å². The van der Waals surface area contributed by atoms with E-state index >= 15 is 0 Å². The van der Waals surface area contributed by atoms with Crippen LogP contribution in [0.2, 0.25) is 5.02 Å². The summed E-state index contributed by atoms with van der Waals surface area (Å²) in [6.45, 7) is 2.34. The van der Waals surface area contributed by atoms with Crippen molar-refractivity contribution < 1.29 is 9.15 Å². The number of rotatable bonds is 7. The minimum atomic E-state index is 0.677. The molecule has 20 heavy (non-hydrogen) atoms. The van der Waals surface area contributed by atoms with Gasteiger partial charge in [-0.2, -0.15) is 0 Å². The van der Waals surface area contributed by atoms with E-state index in [1.165, 1.54) is 0 Å². The summed E-state index contributed by atoms with van der Waals surface area (Å²) in [6.07, 6.45) is 2.48. The molecule has 1 N–H and O–H groups in total. The molecule has 0 amide bonds. The van der Waals surface area contributed by atoms with Gasteiger partial charge in [-0.15, -0.1) is 0 Å². The molecule has 0 aliphatic rings. The summed E-state index contributed by atoms with van der Waals surface area (Å²) in [7, 11) is 1.69. The van der Waals surface area contributed by atoms with Crippen molar-refractivity contribution in [3.05, 3.63) is 39.8 Å². The second-order valence-corrected chi connectivity index (χ2v) is 5.50. The van der Waals surface area contributed by atoms with Crippen LogP contribution < -0.4 is 5.32 Å². The second kappa shape index (κ2) is 7.78. The Hall–Kier alpha value is -0.880. The minimum absolute atomic E-state index is 0.677. The Labute approximate surface area is 131 Å². The van der Waals surface area contributed by atoms with Gasteiger partial charge in [-0.05, 0) is 34.1 Å². The molecule has 0 spiro atoms. The van der Waals surface area contributed by atoms with Gasteiger partial charge < -0.3 is 14.5 Å². The van der Waals surface area contributed by atoms with Gasteiger partial charge in [0.1, 0.15) is 0 Å². The molecule has 0 bridgehead atoms. The highest BCUT2D eigenvalue weighted by atomic mass is 79.9. The molecule has 4 nitrogen and oxygen atoms in total. The highest BCUT2D eigenvalue weighted by Crippen LogP contribution is 2.29. The Morgan fingerprint density at radius 2 is 2.25 bits per heavy atom. The number of benzene rings is 1. The Bertz CT molecular complexity index is 560. The van der Waals surface area contributed by atoms with Crippen LogP contribution in [-0.2, 0) is 11.2 Å². The summed E-state index contributed by atoms with van der Waals surface area (Å²) >= 11 is 9.37. The van der Waals surface area contributed by atoms with E-state index in [-0.39, 0.29) is 0 Å². The van der Waals surface area contributed by atoms with Crippen LogP contribution in [0.25, 0.3) is 11.3 Å². The van der Waals surface area contributed by atoms with Crippen molar-refractivity contribution in [2.24, 2.45) is 0 Å². The number of nitrogens with zero attached hydrogens (tertiary/aromatic N) is 1. The Kier molecular flexibility index (Phi) is 6.04. The average molecular weight is 360 g/mol. The molecule has 0 fully saturated rings. The lowest BCUT2D eigenvalue weighted by molar-refractivity contribution is 0.199. The SMILES string of the molecule is COCCNCCc1ncc(-c2ccc(Cl)c(Br)c2)o1. The zero-order valence-electron chi connectivity index (χ0n) is 11.2. The zero-order chi connectivity index (χ0) is 14.4. The third kappa shape index (κ3) is 4.31. The van der Waals surface area contributed by atoms with Gasteiger partial charge in [0, 0.05) is 36.7 Å². The van der Waals surface area contributed by atoms with Crippen molar-refractivity contribution in [3.63, 3.8) is 0 Å². The van der Waals surface area contributed by atoms with Crippen LogP contribution in [0, 0.1) is 0 Å². The molecule has 1 heterocycles. The molecular weight excluding hydrogens is 344 g/mol.